The summed E-state index contributed by atoms with van der Waals surface area (Å²) in [7, 11) is 0. The molecule has 0 aromatic heterocycles. The number of nitrogens with zero attached hydrogens (tertiary/aromatic N) is 1. The van der Waals surface area contributed by atoms with Gasteiger partial charge in [-0.3, -0.25) is 14.9 Å². The van der Waals surface area contributed by atoms with E-state index >= 15 is 0 Å². The van der Waals surface area contributed by atoms with E-state index in [9.17, 15) is 19.2 Å². The number of primary amides is 1. The molecule has 1 unspecified atom stereocenters. The second-order valence-corrected chi connectivity index (χ2v) is 5.38. The Kier molecular flexibility index (Phi) is 7.09. The maximum atomic E-state index is 12.1. The zero-order valence-corrected chi connectivity index (χ0v) is 13.7. The van der Waals surface area contributed by atoms with Crippen LogP contribution < -0.4 is 16.4 Å². The molecule has 0 bridgehead atoms. The standard InChI is InChI=1S/C16H18N4O5/c1-9(2)13(14(22)20-16(18)24)25-15(23)10-3-5-11(6-4-10)19-12(21)7-8-17/h3-6,9,13H,7H2,1-2H3,(H,19,21)(H3,18,20,22,24). The molecule has 9 heteroatoms. The molecular weight excluding hydrogens is 328 g/mol. The van der Waals surface area contributed by atoms with E-state index in [0.717, 1.165) is 0 Å². The fourth-order valence-electron chi connectivity index (χ4n) is 1.83. The third kappa shape index (κ3) is 6.31. The summed E-state index contributed by atoms with van der Waals surface area (Å²) in [5.74, 6) is -2.43. The molecule has 9 nitrogen and oxygen atoms in total. The van der Waals surface area contributed by atoms with E-state index in [1.54, 1.807) is 19.9 Å². The number of nitrogens with two attached hydrogens (primary N) is 1. The second-order valence-electron chi connectivity index (χ2n) is 5.38. The molecule has 4 N–H and O–H groups in total. The van der Waals surface area contributed by atoms with Crippen LogP contribution in [0.5, 0.6) is 0 Å². The Balaban J connectivity index is 2.78. The number of anilines is 1. The highest BCUT2D eigenvalue weighted by Gasteiger charge is 2.27. The molecular formula is C16H18N4O5. The highest BCUT2D eigenvalue weighted by molar-refractivity contribution is 5.98. The molecule has 1 atom stereocenters. The van der Waals surface area contributed by atoms with Gasteiger partial charge in [-0.15, -0.1) is 0 Å². The van der Waals surface area contributed by atoms with Crippen molar-refractivity contribution < 1.29 is 23.9 Å². The first kappa shape index (κ1) is 19.6. The molecule has 0 spiro atoms. The van der Waals surface area contributed by atoms with Crippen molar-refractivity contribution in [3.05, 3.63) is 29.8 Å². The molecule has 0 saturated heterocycles. The first-order valence-electron chi connectivity index (χ1n) is 7.32. The Morgan fingerprint density at radius 3 is 2.28 bits per heavy atom. The number of esters is 1. The van der Waals surface area contributed by atoms with E-state index in [0.29, 0.717) is 5.69 Å². The average molecular weight is 346 g/mol. The lowest BCUT2D eigenvalue weighted by Crippen LogP contribution is -2.45. The lowest BCUT2D eigenvalue weighted by molar-refractivity contribution is -0.130. The summed E-state index contributed by atoms with van der Waals surface area (Å²) < 4.78 is 5.13. The number of nitriles is 1. The lowest BCUT2D eigenvalue weighted by atomic mass is 10.1. The highest BCUT2D eigenvalue weighted by Crippen LogP contribution is 2.14. The summed E-state index contributed by atoms with van der Waals surface area (Å²) in [4.78, 5) is 46.0. The average Bonchev–Trinajstić information content (AvgIpc) is 2.52. The Bertz CT molecular complexity index is 706. The van der Waals surface area contributed by atoms with E-state index in [1.807, 2.05) is 5.32 Å². The van der Waals surface area contributed by atoms with E-state index in [-0.39, 0.29) is 17.9 Å². The van der Waals surface area contributed by atoms with Crippen molar-refractivity contribution in [1.82, 2.24) is 5.32 Å². The van der Waals surface area contributed by atoms with E-state index in [2.05, 4.69) is 5.32 Å². The number of benzene rings is 1. The number of hydrogen-bond donors (Lipinski definition) is 3. The third-order valence-corrected chi connectivity index (χ3v) is 2.99. The number of carbonyl (C=O) groups excluding carboxylic acids is 4. The SMILES string of the molecule is CC(C)C(OC(=O)c1ccc(NC(=O)CC#N)cc1)C(=O)NC(N)=O. The van der Waals surface area contributed by atoms with Gasteiger partial charge in [-0.2, -0.15) is 5.26 Å². The first-order valence-corrected chi connectivity index (χ1v) is 7.32. The minimum Gasteiger partial charge on any atom is -0.448 e. The summed E-state index contributed by atoms with van der Waals surface area (Å²) in [5.41, 5.74) is 5.44. The molecule has 0 aliphatic heterocycles. The van der Waals surface area contributed by atoms with E-state index < -0.39 is 29.9 Å². The molecule has 1 aromatic rings. The van der Waals surface area contributed by atoms with Gasteiger partial charge in [-0.1, -0.05) is 13.8 Å². The molecule has 4 amide bonds. The number of urea groups is 1. The van der Waals surface area contributed by atoms with Crippen LogP contribution in [0, 0.1) is 17.2 Å². The lowest BCUT2D eigenvalue weighted by Gasteiger charge is -2.19. The minimum atomic E-state index is -1.19. The first-order chi connectivity index (χ1) is 11.7. The van der Waals surface area contributed by atoms with Crippen molar-refractivity contribution in [1.29, 1.82) is 5.26 Å². The molecule has 0 radical (unpaired) electrons. The van der Waals surface area contributed by atoms with Crippen LogP contribution in [0.15, 0.2) is 24.3 Å². The summed E-state index contributed by atoms with van der Waals surface area (Å²) in [5, 5.41) is 12.8. The van der Waals surface area contributed by atoms with Crippen molar-refractivity contribution >= 4 is 29.5 Å². The molecule has 1 rings (SSSR count). The van der Waals surface area contributed by atoms with Gasteiger partial charge in [0.05, 0.1) is 11.6 Å². The monoisotopic (exact) mass is 346 g/mol. The quantitative estimate of drug-likeness (QED) is 0.651. The third-order valence-electron chi connectivity index (χ3n) is 2.99. The fourth-order valence-corrected chi connectivity index (χ4v) is 1.83. The molecule has 25 heavy (non-hydrogen) atoms. The summed E-state index contributed by atoms with van der Waals surface area (Å²) in [6.45, 7) is 3.29. The molecule has 132 valence electrons. The van der Waals surface area contributed by atoms with Crippen LogP contribution in [-0.4, -0.2) is 29.9 Å². The van der Waals surface area contributed by atoms with Gasteiger partial charge in [0.25, 0.3) is 5.91 Å². The molecule has 0 fully saturated rings. The molecule has 0 aliphatic carbocycles. The summed E-state index contributed by atoms with van der Waals surface area (Å²) in [6, 6.07) is 6.39. The Labute approximate surface area is 144 Å². The van der Waals surface area contributed by atoms with Crippen LogP contribution in [0.1, 0.15) is 30.6 Å². The highest BCUT2D eigenvalue weighted by atomic mass is 16.5. The molecule has 0 heterocycles. The van der Waals surface area contributed by atoms with Crippen molar-refractivity contribution in [3.8, 4) is 6.07 Å². The number of hydrogen-bond acceptors (Lipinski definition) is 6. The van der Waals surface area contributed by atoms with Crippen molar-refractivity contribution in [2.45, 2.75) is 26.4 Å². The van der Waals surface area contributed by atoms with Crippen LogP contribution in [0.2, 0.25) is 0 Å². The van der Waals surface area contributed by atoms with Gasteiger partial charge in [0.1, 0.15) is 6.42 Å². The van der Waals surface area contributed by atoms with Gasteiger partial charge >= 0.3 is 12.0 Å². The topological polar surface area (TPSA) is 151 Å². The van der Waals surface area contributed by atoms with Crippen molar-refractivity contribution in [2.75, 3.05) is 5.32 Å². The molecule has 0 aliphatic rings. The van der Waals surface area contributed by atoms with Gasteiger partial charge in [0.15, 0.2) is 6.10 Å². The predicted octanol–water partition coefficient (Wildman–Crippen LogP) is 0.915. The van der Waals surface area contributed by atoms with Gasteiger partial charge in [-0.05, 0) is 30.2 Å². The van der Waals surface area contributed by atoms with Crippen LogP contribution in [-0.2, 0) is 14.3 Å². The number of carbonyl (C=O) groups is 4. The maximum absolute atomic E-state index is 12.1. The minimum absolute atomic E-state index is 0.149. The smallest absolute Gasteiger partial charge is 0.338 e. The van der Waals surface area contributed by atoms with Crippen molar-refractivity contribution in [2.24, 2.45) is 11.7 Å². The molecule has 0 saturated carbocycles. The van der Waals surface area contributed by atoms with Gasteiger partial charge in [-0.25, -0.2) is 9.59 Å². The van der Waals surface area contributed by atoms with Crippen LogP contribution in [0.3, 0.4) is 0 Å². The maximum Gasteiger partial charge on any atom is 0.338 e. The van der Waals surface area contributed by atoms with E-state index in [1.165, 1.54) is 24.3 Å². The van der Waals surface area contributed by atoms with E-state index in [4.69, 9.17) is 15.7 Å². The summed E-state index contributed by atoms with van der Waals surface area (Å²) >= 11 is 0. The number of amides is 4. The van der Waals surface area contributed by atoms with Gasteiger partial charge in [0, 0.05) is 5.69 Å². The van der Waals surface area contributed by atoms with Crippen LogP contribution >= 0.6 is 0 Å². The van der Waals surface area contributed by atoms with Gasteiger partial charge < -0.3 is 15.8 Å². The van der Waals surface area contributed by atoms with Crippen molar-refractivity contribution in [3.63, 3.8) is 0 Å². The Morgan fingerprint density at radius 2 is 1.80 bits per heavy atom. The van der Waals surface area contributed by atoms with Crippen LogP contribution in [0.4, 0.5) is 10.5 Å². The van der Waals surface area contributed by atoms with Gasteiger partial charge in [0.2, 0.25) is 5.91 Å². The number of ether oxygens (including phenoxy) is 1. The fraction of sp³-hybridized carbons (Fsp3) is 0.312. The summed E-state index contributed by atoms with van der Waals surface area (Å²) in [6.07, 6.45) is -1.47. The second kappa shape index (κ2) is 9.02. The zero-order chi connectivity index (χ0) is 19.0. The Morgan fingerprint density at radius 1 is 1.20 bits per heavy atom. The van der Waals surface area contributed by atoms with Crippen LogP contribution in [0.25, 0.3) is 0 Å². The number of nitrogens with one attached hydrogen (secondary N) is 2. The number of imide groups is 1. The largest absolute Gasteiger partial charge is 0.448 e. The Hall–Kier alpha value is -3.41. The number of rotatable bonds is 6. The normalized spacial score (nSPS) is 11.1. The predicted molar refractivity (Wildman–Crippen MR) is 87.1 cm³/mol. The zero-order valence-electron chi connectivity index (χ0n) is 13.7. The molecule has 1 aromatic carbocycles.